The van der Waals surface area contributed by atoms with Crippen molar-refractivity contribution in [2.24, 2.45) is 0 Å². The van der Waals surface area contributed by atoms with Crippen LogP contribution in [0.4, 0.5) is 23.2 Å². The maximum absolute atomic E-state index is 13.7. The molecule has 13 heteroatoms. The molecule has 2 amide bonds. The van der Waals surface area contributed by atoms with Gasteiger partial charge in [-0.05, 0) is 53.7 Å². The maximum atomic E-state index is 13.7. The number of aromatic nitrogens is 4. The number of alkyl halides is 3. The molecule has 4 aromatic rings. The number of nitrogens with zero attached hydrogens (tertiary/aromatic N) is 5. The molecule has 0 saturated heterocycles. The number of furan rings is 1. The molecule has 0 aliphatic heterocycles. The standard InChI is InChI=1S/C23H18F4N6O3/c24-16-9-7-15(8-10-16)22-29-31-33(30-22)14-21(35)32(13-20(34)28-12-17-4-3-11-36-17)19-6-2-1-5-18(19)23(25,26)27/h1-11H,12-14H2,(H,28,34). The molecule has 0 saturated carbocycles. The first-order valence-corrected chi connectivity index (χ1v) is 10.5. The number of halogens is 4. The molecule has 9 nitrogen and oxygen atoms in total. The molecule has 1 N–H and O–H groups in total. The fourth-order valence-electron chi connectivity index (χ4n) is 3.29. The number of rotatable bonds is 8. The number of carbonyl (C=O) groups excluding carboxylic acids is 2. The zero-order chi connectivity index (χ0) is 25.7. The first-order valence-electron chi connectivity index (χ1n) is 10.5. The third-order valence-electron chi connectivity index (χ3n) is 4.97. The second kappa shape index (κ2) is 10.4. The van der Waals surface area contributed by atoms with Crippen molar-refractivity contribution in [2.45, 2.75) is 19.3 Å². The molecule has 0 radical (unpaired) electrons. The SMILES string of the molecule is O=C(CN(C(=O)Cn1nnc(-c2ccc(F)cc2)n1)c1ccccc1C(F)(F)F)NCc1ccco1. The van der Waals surface area contributed by atoms with E-state index in [4.69, 9.17) is 4.42 Å². The van der Waals surface area contributed by atoms with Gasteiger partial charge in [0.05, 0.1) is 24.1 Å². The van der Waals surface area contributed by atoms with E-state index >= 15 is 0 Å². The molecule has 0 unspecified atom stereocenters. The van der Waals surface area contributed by atoms with Crippen LogP contribution in [0.1, 0.15) is 11.3 Å². The molecular formula is C23H18F4N6O3. The van der Waals surface area contributed by atoms with Gasteiger partial charge in [0.15, 0.2) is 0 Å². The summed E-state index contributed by atoms with van der Waals surface area (Å²) in [5.41, 5.74) is -1.16. The third-order valence-corrected chi connectivity index (χ3v) is 4.97. The van der Waals surface area contributed by atoms with Crippen molar-refractivity contribution in [2.75, 3.05) is 11.4 Å². The van der Waals surface area contributed by atoms with Crippen LogP contribution in [0.3, 0.4) is 0 Å². The molecule has 0 bridgehead atoms. The maximum Gasteiger partial charge on any atom is 0.418 e. The number of tetrazole rings is 1. The van der Waals surface area contributed by atoms with Crippen LogP contribution in [0, 0.1) is 5.82 Å². The van der Waals surface area contributed by atoms with Crippen molar-refractivity contribution in [1.82, 2.24) is 25.5 Å². The minimum Gasteiger partial charge on any atom is -0.467 e. The monoisotopic (exact) mass is 502 g/mol. The number of amides is 2. The van der Waals surface area contributed by atoms with Crippen LogP contribution in [0.15, 0.2) is 71.3 Å². The first kappa shape index (κ1) is 24.6. The lowest BCUT2D eigenvalue weighted by Gasteiger charge is -2.25. The van der Waals surface area contributed by atoms with E-state index in [9.17, 15) is 27.2 Å². The van der Waals surface area contributed by atoms with E-state index in [1.54, 1.807) is 12.1 Å². The average molecular weight is 502 g/mol. The number of nitrogens with one attached hydrogen (secondary N) is 1. The number of benzene rings is 2. The van der Waals surface area contributed by atoms with Crippen LogP contribution >= 0.6 is 0 Å². The molecule has 4 rings (SSSR count). The van der Waals surface area contributed by atoms with Gasteiger partial charge in [0, 0.05) is 5.56 Å². The number of anilines is 1. The van der Waals surface area contributed by atoms with Crippen molar-refractivity contribution in [3.63, 3.8) is 0 Å². The Morgan fingerprint density at radius 2 is 1.78 bits per heavy atom. The topological polar surface area (TPSA) is 106 Å². The van der Waals surface area contributed by atoms with Crippen molar-refractivity contribution >= 4 is 17.5 Å². The van der Waals surface area contributed by atoms with Gasteiger partial charge in [0.2, 0.25) is 11.7 Å². The molecule has 0 aliphatic rings. The second-order valence-corrected chi connectivity index (χ2v) is 7.50. The van der Waals surface area contributed by atoms with Gasteiger partial charge in [-0.15, -0.1) is 10.2 Å². The normalized spacial score (nSPS) is 11.3. The Kier molecular flexibility index (Phi) is 7.08. The summed E-state index contributed by atoms with van der Waals surface area (Å²) in [5.74, 6) is -1.55. The Morgan fingerprint density at radius 3 is 2.47 bits per heavy atom. The predicted molar refractivity (Wildman–Crippen MR) is 118 cm³/mol. The minimum absolute atomic E-state index is 0.0134. The van der Waals surface area contributed by atoms with E-state index in [-0.39, 0.29) is 12.4 Å². The van der Waals surface area contributed by atoms with Gasteiger partial charge >= 0.3 is 6.18 Å². The van der Waals surface area contributed by atoms with Crippen LogP contribution in [0.2, 0.25) is 0 Å². The van der Waals surface area contributed by atoms with Crippen molar-refractivity contribution in [3.05, 3.63) is 84.1 Å². The van der Waals surface area contributed by atoms with E-state index < -0.39 is 48.1 Å². The predicted octanol–water partition coefficient (Wildman–Crippen LogP) is 3.44. The summed E-state index contributed by atoms with van der Waals surface area (Å²) in [6.45, 7) is -1.32. The zero-order valence-electron chi connectivity index (χ0n) is 18.4. The summed E-state index contributed by atoms with van der Waals surface area (Å²) in [4.78, 5) is 27.3. The Balaban J connectivity index is 1.57. The summed E-state index contributed by atoms with van der Waals surface area (Å²) in [6, 6.07) is 12.8. The summed E-state index contributed by atoms with van der Waals surface area (Å²) < 4.78 is 59.3. The van der Waals surface area contributed by atoms with E-state index in [1.165, 1.54) is 42.7 Å². The lowest BCUT2D eigenvalue weighted by atomic mass is 10.1. The Bertz CT molecular complexity index is 1340. The molecule has 36 heavy (non-hydrogen) atoms. The summed E-state index contributed by atoms with van der Waals surface area (Å²) >= 11 is 0. The largest absolute Gasteiger partial charge is 0.467 e. The van der Waals surface area contributed by atoms with Gasteiger partial charge in [-0.3, -0.25) is 9.59 Å². The zero-order valence-corrected chi connectivity index (χ0v) is 18.4. The number of carbonyl (C=O) groups is 2. The molecular weight excluding hydrogens is 484 g/mol. The number of para-hydroxylation sites is 1. The van der Waals surface area contributed by atoms with E-state index in [1.807, 2.05) is 0 Å². The minimum atomic E-state index is -4.78. The smallest absolute Gasteiger partial charge is 0.418 e. The van der Waals surface area contributed by atoms with E-state index in [0.29, 0.717) is 16.2 Å². The lowest BCUT2D eigenvalue weighted by Crippen LogP contribution is -2.43. The molecule has 0 atom stereocenters. The Labute approximate surface area is 201 Å². The first-order chi connectivity index (χ1) is 17.2. The van der Waals surface area contributed by atoms with Gasteiger partial charge in [-0.25, -0.2) is 4.39 Å². The highest BCUT2D eigenvalue weighted by atomic mass is 19.4. The third kappa shape index (κ3) is 5.92. The highest BCUT2D eigenvalue weighted by Crippen LogP contribution is 2.36. The van der Waals surface area contributed by atoms with E-state index in [2.05, 4.69) is 20.7 Å². The van der Waals surface area contributed by atoms with Crippen LogP contribution in [-0.4, -0.2) is 38.6 Å². The van der Waals surface area contributed by atoms with Crippen molar-refractivity contribution in [1.29, 1.82) is 0 Å². The number of hydrogen-bond donors (Lipinski definition) is 1. The number of hydrogen-bond acceptors (Lipinski definition) is 6. The highest BCUT2D eigenvalue weighted by Gasteiger charge is 2.36. The average Bonchev–Trinajstić information content (AvgIpc) is 3.53. The fourth-order valence-corrected chi connectivity index (χ4v) is 3.29. The van der Waals surface area contributed by atoms with Crippen LogP contribution in [0.5, 0.6) is 0 Å². The van der Waals surface area contributed by atoms with Gasteiger partial charge in [-0.1, -0.05) is 12.1 Å². The molecule has 186 valence electrons. The Hall–Kier alpha value is -4.55. The van der Waals surface area contributed by atoms with Crippen molar-refractivity contribution < 1.29 is 31.6 Å². The van der Waals surface area contributed by atoms with Gasteiger partial charge in [-0.2, -0.15) is 18.0 Å². The van der Waals surface area contributed by atoms with Gasteiger partial charge < -0.3 is 14.6 Å². The highest BCUT2D eigenvalue weighted by molar-refractivity contribution is 5.99. The summed E-state index contributed by atoms with van der Waals surface area (Å²) in [6.07, 6.45) is -3.37. The second-order valence-electron chi connectivity index (χ2n) is 7.50. The molecule has 2 aromatic carbocycles. The van der Waals surface area contributed by atoms with E-state index in [0.717, 1.165) is 16.9 Å². The van der Waals surface area contributed by atoms with Crippen LogP contribution < -0.4 is 10.2 Å². The summed E-state index contributed by atoms with van der Waals surface area (Å²) in [5, 5.41) is 14.1. The van der Waals surface area contributed by atoms with Crippen LogP contribution in [-0.2, 0) is 28.9 Å². The van der Waals surface area contributed by atoms with Crippen molar-refractivity contribution in [3.8, 4) is 11.4 Å². The molecule has 2 aromatic heterocycles. The lowest BCUT2D eigenvalue weighted by molar-refractivity contribution is -0.137. The quantitative estimate of drug-likeness (QED) is 0.370. The summed E-state index contributed by atoms with van der Waals surface area (Å²) in [7, 11) is 0. The van der Waals surface area contributed by atoms with Gasteiger partial charge in [0.1, 0.15) is 24.7 Å². The van der Waals surface area contributed by atoms with Crippen LogP contribution in [0.25, 0.3) is 11.4 Å². The fraction of sp³-hybridized carbons (Fsp3) is 0.174. The molecule has 2 heterocycles. The molecule has 0 aliphatic carbocycles. The van der Waals surface area contributed by atoms with Gasteiger partial charge in [0.25, 0.3) is 5.91 Å². The Morgan fingerprint density at radius 1 is 1.03 bits per heavy atom. The molecule has 0 spiro atoms. The molecule has 0 fully saturated rings.